The zero-order valence-electron chi connectivity index (χ0n) is 10.0. The van der Waals surface area contributed by atoms with Crippen molar-refractivity contribution in [2.24, 2.45) is 0 Å². The second-order valence-electron chi connectivity index (χ2n) is 4.07. The zero-order valence-corrected chi connectivity index (χ0v) is 11.6. The molecule has 0 saturated heterocycles. The molecule has 19 heavy (non-hydrogen) atoms. The second kappa shape index (κ2) is 5.67. The SMILES string of the molecule is C[C@H](O)c1ccc(Oc2cc(F)cc(Br)c2)c(F)c1. The Bertz CT molecular complexity index is 580. The van der Waals surface area contributed by atoms with Gasteiger partial charge in [0.15, 0.2) is 11.6 Å². The fourth-order valence-electron chi connectivity index (χ4n) is 1.57. The molecule has 0 bridgehead atoms. The lowest BCUT2D eigenvalue weighted by Gasteiger charge is -2.10. The maximum Gasteiger partial charge on any atom is 0.166 e. The molecule has 1 N–H and O–H groups in total. The van der Waals surface area contributed by atoms with Crippen molar-refractivity contribution in [1.82, 2.24) is 0 Å². The van der Waals surface area contributed by atoms with E-state index in [1.807, 2.05) is 0 Å². The molecular formula is C14H11BrF2O2. The Morgan fingerprint density at radius 2 is 1.89 bits per heavy atom. The number of hydrogen-bond acceptors (Lipinski definition) is 2. The highest BCUT2D eigenvalue weighted by molar-refractivity contribution is 9.10. The van der Waals surface area contributed by atoms with Crippen LogP contribution in [0.5, 0.6) is 11.5 Å². The lowest BCUT2D eigenvalue weighted by molar-refractivity contribution is 0.198. The number of ether oxygens (including phenoxy) is 1. The summed E-state index contributed by atoms with van der Waals surface area (Å²) in [7, 11) is 0. The van der Waals surface area contributed by atoms with Gasteiger partial charge in [0.1, 0.15) is 11.6 Å². The van der Waals surface area contributed by atoms with Crippen LogP contribution in [0.2, 0.25) is 0 Å². The summed E-state index contributed by atoms with van der Waals surface area (Å²) in [6.07, 6.45) is -0.758. The first kappa shape index (κ1) is 14.0. The molecule has 0 aromatic heterocycles. The first-order chi connectivity index (χ1) is 8.95. The summed E-state index contributed by atoms with van der Waals surface area (Å²) in [5.41, 5.74) is 0.449. The average molecular weight is 329 g/mol. The fourth-order valence-corrected chi connectivity index (χ4v) is 2.02. The summed E-state index contributed by atoms with van der Waals surface area (Å²) in [5, 5.41) is 9.34. The van der Waals surface area contributed by atoms with Crippen molar-refractivity contribution in [1.29, 1.82) is 0 Å². The Hall–Kier alpha value is -1.46. The largest absolute Gasteiger partial charge is 0.454 e. The van der Waals surface area contributed by atoms with Crippen molar-refractivity contribution in [2.45, 2.75) is 13.0 Å². The molecule has 0 radical (unpaired) electrons. The molecular weight excluding hydrogens is 318 g/mol. The molecule has 0 aliphatic carbocycles. The van der Waals surface area contributed by atoms with Crippen LogP contribution >= 0.6 is 15.9 Å². The van der Waals surface area contributed by atoms with Gasteiger partial charge in [0.05, 0.1) is 6.10 Å². The summed E-state index contributed by atoms with van der Waals surface area (Å²) in [6.45, 7) is 1.54. The molecule has 100 valence electrons. The average Bonchev–Trinajstić information content (AvgIpc) is 2.30. The van der Waals surface area contributed by atoms with E-state index in [4.69, 9.17) is 4.74 Å². The first-order valence-electron chi connectivity index (χ1n) is 5.57. The molecule has 2 aromatic carbocycles. The van der Waals surface area contributed by atoms with E-state index in [1.165, 1.54) is 24.3 Å². The van der Waals surface area contributed by atoms with E-state index >= 15 is 0 Å². The molecule has 0 fully saturated rings. The molecule has 0 heterocycles. The van der Waals surface area contributed by atoms with Gasteiger partial charge in [-0.1, -0.05) is 22.0 Å². The fraction of sp³-hybridized carbons (Fsp3) is 0.143. The van der Waals surface area contributed by atoms with Crippen LogP contribution in [0.3, 0.4) is 0 Å². The van der Waals surface area contributed by atoms with Gasteiger partial charge in [-0.3, -0.25) is 0 Å². The zero-order chi connectivity index (χ0) is 14.0. The molecule has 0 unspecified atom stereocenters. The maximum atomic E-state index is 13.8. The Morgan fingerprint density at radius 1 is 1.16 bits per heavy atom. The van der Waals surface area contributed by atoms with Gasteiger partial charge in [-0.25, -0.2) is 8.78 Å². The van der Waals surface area contributed by atoms with E-state index < -0.39 is 17.7 Å². The number of rotatable bonds is 3. The predicted molar refractivity (Wildman–Crippen MR) is 71.2 cm³/mol. The predicted octanol–water partition coefficient (Wildman–Crippen LogP) is 4.57. The summed E-state index contributed by atoms with van der Waals surface area (Å²) in [5.74, 6) is -0.929. The van der Waals surface area contributed by atoms with Gasteiger partial charge < -0.3 is 9.84 Å². The van der Waals surface area contributed by atoms with E-state index in [1.54, 1.807) is 13.0 Å². The van der Waals surface area contributed by atoms with E-state index in [0.717, 1.165) is 6.07 Å². The summed E-state index contributed by atoms with van der Waals surface area (Å²) < 4.78 is 32.7. The monoisotopic (exact) mass is 328 g/mol. The Morgan fingerprint density at radius 3 is 2.47 bits per heavy atom. The van der Waals surface area contributed by atoms with Gasteiger partial charge >= 0.3 is 0 Å². The van der Waals surface area contributed by atoms with Crippen molar-refractivity contribution >= 4 is 15.9 Å². The standard InChI is InChI=1S/C14H11BrF2O2/c1-8(18)9-2-3-14(13(17)4-9)19-12-6-10(15)5-11(16)7-12/h2-8,18H,1H3/t8-/m0/s1. The Kier molecular flexibility index (Phi) is 4.17. The molecule has 2 rings (SSSR count). The minimum absolute atomic E-state index is 0.0260. The van der Waals surface area contributed by atoms with Crippen molar-refractivity contribution < 1.29 is 18.6 Å². The lowest BCUT2D eigenvalue weighted by Crippen LogP contribution is -1.95. The van der Waals surface area contributed by atoms with Crippen LogP contribution in [0.4, 0.5) is 8.78 Å². The van der Waals surface area contributed by atoms with Crippen molar-refractivity contribution in [2.75, 3.05) is 0 Å². The van der Waals surface area contributed by atoms with E-state index in [-0.39, 0.29) is 11.5 Å². The van der Waals surface area contributed by atoms with Gasteiger partial charge in [-0.15, -0.1) is 0 Å². The van der Waals surface area contributed by atoms with Crippen LogP contribution in [0.15, 0.2) is 40.9 Å². The van der Waals surface area contributed by atoms with Crippen molar-refractivity contribution in [3.8, 4) is 11.5 Å². The topological polar surface area (TPSA) is 29.5 Å². The van der Waals surface area contributed by atoms with Gasteiger partial charge in [0.2, 0.25) is 0 Å². The van der Waals surface area contributed by atoms with E-state index in [9.17, 15) is 13.9 Å². The van der Waals surface area contributed by atoms with E-state index in [2.05, 4.69) is 15.9 Å². The first-order valence-corrected chi connectivity index (χ1v) is 6.36. The molecule has 0 saturated carbocycles. The van der Waals surface area contributed by atoms with Crippen LogP contribution in [-0.2, 0) is 0 Å². The van der Waals surface area contributed by atoms with Crippen LogP contribution in [0.25, 0.3) is 0 Å². The quantitative estimate of drug-likeness (QED) is 0.894. The smallest absolute Gasteiger partial charge is 0.166 e. The van der Waals surface area contributed by atoms with Crippen molar-refractivity contribution in [3.63, 3.8) is 0 Å². The van der Waals surface area contributed by atoms with Crippen LogP contribution in [0, 0.1) is 11.6 Å². The molecule has 5 heteroatoms. The number of benzene rings is 2. The third-order valence-electron chi connectivity index (χ3n) is 2.50. The maximum absolute atomic E-state index is 13.8. The molecule has 1 atom stereocenters. The Labute approximate surface area is 117 Å². The van der Waals surface area contributed by atoms with Gasteiger partial charge in [-0.05, 0) is 36.8 Å². The van der Waals surface area contributed by atoms with Gasteiger partial charge in [0, 0.05) is 10.5 Å². The molecule has 0 spiro atoms. The van der Waals surface area contributed by atoms with Gasteiger partial charge in [0.25, 0.3) is 0 Å². The Balaban J connectivity index is 2.28. The second-order valence-corrected chi connectivity index (χ2v) is 4.99. The van der Waals surface area contributed by atoms with Crippen molar-refractivity contribution in [3.05, 3.63) is 58.1 Å². The summed E-state index contributed by atoms with van der Waals surface area (Å²) in [6, 6.07) is 8.11. The minimum Gasteiger partial charge on any atom is -0.454 e. The number of aliphatic hydroxyl groups is 1. The van der Waals surface area contributed by atoms with E-state index in [0.29, 0.717) is 10.0 Å². The number of halogens is 3. The van der Waals surface area contributed by atoms with Crippen LogP contribution in [-0.4, -0.2) is 5.11 Å². The molecule has 2 nitrogen and oxygen atoms in total. The molecule has 0 aliphatic rings. The highest BCUT2D eigenvalue weighted by atomic mass is 79.9. The molecule has 2 aromatic rings. The summed E-state index contributed by atoms with van der Waals surface area (Å²) in [4.78, 5) is 0. The lowest BCUT2D eigenvalue weighted by atomic mass is 10.1. The third kappa shape index (κ3) is 3.52. The summed E-state index contributed by atoms with van der Waals surface area (Å²) >= 11 is 3.13. The molecule has 0 aliphatic heterocycles. The van der Waals surface area contributed by atoms with Crippen LogP contribution in [0.1, 0.15) is 18.6 Å². The normalized spacial score (nSPS) is 12.3. The minimum atomic E-state index is -0.758. The highest BCUT2D eigenvalue weighted by Crippen LogP contribution is 2.29. The highest BCUT2D eigenvalue weighted by Gasteiger charge is 2.09. The third-order valence-corrected chi connectivity index (χ3v) is 2.96. The van der Waals surface area contributed by atoms with Crippen LogP contribution < -0.4 is 4.74 Å². The van der Waals surface area contributed by atoms with Gasteiger partial charge in [-0.2, -0.15) is 0 Å². The molecule has 0 amide bonds. The number of hydrogen-bond donors (Lipinski definition) is 1. The number of aliphatic hydroxyl groups excluding tert-OH is 1.